The van der Waals surface area contributed by atoms with Gasteiger partial charge in [-0.25, -0.2) is 4.79 Å². The molecule has 56 valence electrons. The molecule has 0 radical (unpaired) electrons. The molecule has 0 aromatic rings. The highest BCUT2D eigenvalue weighted by molar-refractivity contribution is 5.57. The second kappa shape index (κ2) is 1.85. The third-order valence-electron chi connectivity index (χ3n) is 2.08. The highest BCUT2D eigenvalue weighted by atomic mass is 16.7. The lowest BCUT2D eigenvalue weighted by Crippen LogP contribution is -2.30. The molecule has 1 aliphatic carbocycles. The number of carbonyl (C=O) groups is 1. The molecule has 2 rings (SSSR count). The minimum Gasteiger partial charge on any atom is -0.450 e. The van der Waals surface area contributed by atoms with E-state index in [0.29, 0.717) is 12.0 Å². The minimum atomic E-state index is -1.18. The van der Waals surface area contributed by atoms with E-state index in [2.05, 4.69) is 10.1 Å². The second-order valence-electron chi connectivity index (χ2n) is 2.88. The van der Waals surface area contributed by atoms with Crippen LogP contribution >= 0.6 is 0 Å². The topological polar surface area (TPSA) is 58.6 Å². The summed E-state index contributed by atoms with van der Waals surface area (Å²) in [6.45, 7) is 0. The number of ether oxygens (including phenoxy) is 1. The Kier molecular flexibility index (Phi) is 1.11. The largest absolute Gasteiger partial charge is 0.507 e. The molecule has 3 atom stereocenters. The van der Waals surface area contributed by atoms with Crippen LogP contribution in [-0.2, 0) is 4.74 Å². The van der Waals surface area contributed by atoms with Crippen molar-refractivity contribution in [3.05, 3.63) is 0 Å². The Hall–Kier alpha value is -0.770. The van der Waals surface area contributed by atoms with Crippen LogP contribution in [0.4, 0.5) is 4.79 Å². The molecule has 2 N–H and O–H groups in total. The summed E-state index contributed by atoms with van der Waals surface area (Å²) in [5.74, 6) is 0.685. The quantitative estimate of drug-likeness (QED) is 0.521. The van der Waals surface area contributed by atoms with Crippen molar-refractivity contribution >= 4 is 6.16 Å². The van der Waals surface area contributed by atoms with Crippen molar-refractivity contribution in [3.8, 4) is 0 Å². The van der Waals surface area contributed by atoms with E-state index in [1.807, 2.05) is 0 Å². The third-order valence-corrected chi connectivity index (χ3v) is 2.08. The number of hydrogen-bond donors (Lipinski definition) is 2. The fourth-order valence-corrected chi connectivity index (χ4v) is 1.50. The molecule has 2 fully saturated rings. The van der Waals surface area contributed by atoms with E-state index in [4.69, 9.17) is 5.11 Å². The fraction of sp³-hybridized carbons (Fsp3) is 0.833. The molecule has 0 amide bonds. The Balaban J connectivity index is 1.80. The molecule has 0 bridgehead atoms. The molecule has 1 saturated heterocycles. The maximum atomic E-state index is 10.0. The Morgan fingerprint density at radius 2 is 2.40 bits per heavy atom. The van der Waals surface area contributed by atoms with Gasteiger partial charge < -0.3 is 9.84 Å². The van der Waals surface area contributed by atoms with Crippen LogP contribution in [0.25, 0.3) is 0 Å². The van der Waals surface area contributed by atoms with Crippen LogP contribution in [0.1, 0.15) is 12.8 Å². The van der Waals surface area contributed by atoms with Gasteiger partial charge in [-0.05, 0) is 12.3 Å². The van der Waals surface area contributed by atoms with Crippen molar-refractivity contribution in [2.45, 2.75) is 25.1 Å². The van der Waals surface area contributed by atoms with Crippen LogP contribution in [0.5, 0.6) is 0 Å². The molecule has 0 aromatic carbocycles. The first-order chi connectivity index (χ1) is 4.75. The maximum absolute atomic E-state index is 10.0. The molecule has 1 saturated carbocycles. The SMILES string of the molecule is O=C(O)OC1C[C@H]2C[C@H]2N1. The average molecular weight is 143 g/mol. The van der Waals surface area contributed by atoms with Crippen LogP contribution in [0.3, 0.4) is 0 Å². The molecule has 1 heterocycles. The van der Waals surface area contributed by atoms with Crippen molar-refractivity contribution in [2.24, 2.45) is 5.92 Å². The Labute approximate surface area is 58.2 Å². The van der Waals surface area contributed by atoms with Gasteiger partial charge in [0, 0.05) is 12.5 Å². The Morgan fingerprint density at radius 1 is 1.60 bits per heavy atom. The summed E-state index contributed by atoms with van der Waals surface area (Å²) >= 11 is 0. The van der Waals surface area contributed by atoms with Gasteiger partial charge in [0.25, 0.3) is 0 Å². The van der Waals surface area contributed by atoms with E-state index >= 15 is 0 Å². The van der Waals surface area contributed by atoms with Crippen LogP contribution in [0, 0.1) is 5.92 Å². The number of hydrogen-bond acceptors (Lipinski definition) is 3. The zero-order chi connectivity index (χ0) is 7.14. The van der Waals surface area contributed by atoms with Gasteiger partial charge in [0.05, 0.1) is 0 Å². The zero-order valence-electron chi connectivity index (χ0n) is 5.41. The van der Waals surface area contributed by atoms with Gasteiger partial charge in [-0.1, -0.05) is 0 Å². The molecule has 1 aliphatic heterocycles. The Bertz CT molecular complexity index is 160. The van der Waals surface area contributed by atoms with Crippen molar-refractivity contribution < 1.29 is 14.6 Å². The van der Waals surface area contributed by atoms with Crippen LogP contribution < -0.4 is 5.32 Å². The van der Waals surface area contributed by atoms with Crippen molar-refractivity contribution in [3.63, 3.8) is 0 Å². The molecular formula is C6H9NO3. The molecule has 10 heavy (non-hydrogen) atoms. The van der Waals surface area contributed by atoms with Gasteiger partial charge in [0.2, 0.25) is 0 Å². The molecule has 0 spiro atoms. The zero-order valence-corrected chi connectivity index (χ0v) is 5.41. The number of rotatable bonds is 1. The number of carboxylic acid groups (broad SMARTS) is 1. The van der Waals surface area contributed by atoms with Crippen LogP contribution in [0.2, 0.25) is 0 Å². The summed E-state index contributed by atoms with van der Waals surface area (Å²) in [4.78, 5) is 10.0. The Morgan fingerprint density at radius 3 is 2.90 bits per heavy atom. The van der Waals surface area contributed by atoms with Gasteiger partial charge in [-0.2, -0.15) is 0 Å². The van der Waals surface area contributed by atoms with Gasteiger partial charge >= 0.3 is 6.16 Å². The minimum absolute atomic E-state index is 0.235. The van der Waals surface area contributed by atoms with Crippen molar-refractivity contribution in [1.29, 1.82) is 0 Å². The maximum Gasteiger partial charge on any atom is 0.507 e. The molecule has 4 heteroatoms. The first kappa shape index (κ1) is 5.97. The van der Waals surface area contributed by atoms with E-state index in [0.717, 1.165) is 6.42 Å². The predicted molar refractivity (Wildman–Crippen MR) is 32.5 cm³/mol. The number of fused-ring (bicyclic) bond motifs is 1. The van der Waals surface area contributed by atoms with Gasteiger partial charge in [-0.15, -0.1) is 0 Å². The van der Waals surface area contributed by atoms with Crippen LogP contribution in [0.15, 0.2) is 0 Å². The molecule has 1 unspecified atom stereocenters. The monoisotopic (exact) mass is 143 g/mol. The lowest BCUT2D eigenvalue weighted by molar-refractivity contribution is 0.0403. The summed E-state index contributed by atoms with van der Waals surface area (Å²) in [6, 6.07) is 0.546. The highest BCUT2D eigenvalue weighted by Gasteiger charge is 2.47. The van der Waals surface area contributed by atoms with E-state index in [9.17, 15) is 4.79 Å². The first-order valence-electron chi connectivity index (χ1n) is 3.41. The normalized spacial score (nSPS) is 42.6. The van der Waals surface area contributed by atoms with E-state index in [1.165, 1.54) is 6.42 Å². The molecule has 2 aliphatic rings. The van der Waals surface area contributed by atoms with Gasteiger partial charge in [-0.3, -0.25) is 5.32 Å². The standard InChI is InChI=1S/C6H9NO3/c8-6(9)10-5-2-3-1-4(3)7-5/h3-5,7H,1-2H2,(H,8,9)/t3-,4-,5?/m1/s1. The molecule has 4 nitrogen and oxygen atoms in total. The van der Waals surface area contributed by atoms with E-state index < -0.39 is 6.16 Å². The first-order valence-corrected chi connectivity index (χ1v) is 3.41. The lowest BCUT2D eigenvalue weighted by Gasteiger charge is -2.10. The van der Waals surface area contributed by atoms with Crippen LogP contribution in [-0.4, -0.2) is 23.5 Å². The summed E-state index contributed by atoms with van der Waals surface area (Å²) in [5.41, 5.74) is 0. The summed E-state index contributed by atoms with van der Waals surface area (Å²) in [7, 11) is 0. The predicted octanol–water partition coefficient (Wildman–Crippen LogP) is 0.389. The third kappa shape index (κ3) is 0.945. The van der Waals surface area contributed by atoms with Crippen molar-refractivity contribution in [2.75, 3.05) is 0 Å². The average Bonchev–Trinajstić information content (AvgIpc) is 2.39. The number of piperidine rings is 1. The molecule has 0 aromatic heterocycles. The summed E-state index contributed by atoms with van der Waals surface area (Å²) < 4.78 is 4.52. The van der Waals surface area contributed by atoms with Gasteiger partial charge in [0.15, 0.2) is 6.23 Å². The fourth-order valence-electron chi connectivity index (χ4n) is 1.50. The molecular weight excluding hydrogens is 134 g/mol. The highest BCUT2D eigenvalue weighted by Crippen LogP contribution is 2.40. The van der Waals surface area contributed by atoms with E-state index in [1.54, 1.807) is 0 Å². The summed E-state index contributed by atoms with van der Waals surface area (Å²) in [5, 5.41) is 11.3. The summed E-state index contributed by atoms with van der Waals surface area (Å²) in [6.07, 6.45) is 0.635. The smallest absolute Gasteiger partial charge is 0.450 e. The number of nitrogens with one attached hydrogen (secondary N) is 1. The van der Waals surface area contributed by atoms with E-state index in [-0.39, 0.29) is 6.23 Å². The van der Waals surface area contributed by atoms with Crippen molar-refractivity contribution in [1.82, 2.24) is 5.32 Å². The second-order valence-corrected chi connectivity index (χ2v) is 2.88. The van der Waals surface area contributed by atoms with Gasteiger partial charge in [0.1, 0.15) is 0 Å². The lowest BCUT2D eigenvalue weighted by atomic mass is 10.3.